The molecule has 7 heteroatoms. The summed E-state index contributed by atoms with van der Waals surface area (Å²) >= 11 is 0. The smallest absolute Gasteiger partial charge is 0.237 e. The fourth-order valence-electron chi connectivity index (χ4n) is 3.19. The Morgan fingerprint density at radius 1 is 1.15 bits per heavy atom. The maximum Gasteiger partial charge on any atom is 0.237 e. The van der Waals surface area contributed by atoms with Crippen LogP contribution in [0.2, 0.25) is 0 Å². The van der Waals surface area contributed by atoms with Crippen LogP contribution in [0.3, 0.4) is 0 Å². The predicted octanol–water partition coefficient (Wildman–Crippen LogP) is 1.27. The second-order valence-electron chi connectivity index (χ2n) is 7.03. The van der Waals surface area contributed by atoms with Crippen LogP contribution in [-0.4, -0.2) is 80.0 Å². The minimum atomic E-state index is -3.32. The fraction of sp³-hybridized carbons (Fsp3) is 0.526. The molecule has 2 aliphatic rings. The number of carbonyl (C=O) groups excluding carboxylic acids is 1. The van der Waals surface area contributed by atoms with Crippen molar-refractivity contribution in [3.05, 3.63) is 42.0 Å². The van der Waals surface area contributed by atoms with Crippen LogP contribution in [0.4, 0.5) is 0 Å². The molecule has 0 aromatic heterocycles. The van der Waals surface area contributed by atoms with E-state index in [1.165, 1.54) is 16.1 Å². The van der Waals surface area contributed by atoms with Gasteiger partial charge in [0.15, 0.2) is 0 Å². The predicted molar refractivity (Wildman–Crippen MR) is 103 cm³/mol. The first-order chi connectivity index (χ1) is 12.4. The van der Waals surface area contributed by atoms with Gasteiger partial charge in [0.25, 0.3) is 0 Å². The van der Waals surface area contributed by atoms with Crippen LogP contribution in [-0.2, 0) is 14.8 Å². The van der Waals surface area contributed by atoms with Gasteiger partial charge in [-0.3, -0.25) is 9.69 Å². The highest BCUT2D eigenvalue weighted by Crippen LogP contribution is 2.28. The van der Waals surface area contributed by atoms with Crippen molar-refractivity contribution >= 4 is 22.0 Å². The Labute approximate surface area is 156 Å². The second kappa shape index (κ2) is 8.33. The van der Waals surface area contributed by atoms with Gasteiger partial charge in [0.1, 0.15) is 0 Å². The number of carbonyl (C=O) groups is 1. The molecule has 0 unspecified atom stereocenters. The van der Waals surface area contributed by atoms with Crippen LogP contribution < -0.4 is 0 Å². The zero-order chi connectivity index (χ0) is 18.6. The largest absolute Gasteiger partial charge is 0.339 e. The van der Waals surface area contributed by atoms with Gasteiger partial charge in [-0.25, -0.2) is 8.42 Å². The first-order valence-corrected chi connectivity index (χ1v) is 11.0. The second-order valence-corrected chi connectivity index (χ2v) is 8.97. The van der Waals surface area contributed by atoms with E-state index in [0.29, 0.717) is 13.1 Å². The number of rotatable bonds is 7. The third-order valence-corrected chi connectivity index (χ3v) is 6.15. The number of sulfonamides is 1. The van der Waals surface area contributed by atoms with Gasteiger partial charge in [-0.15, -0.1) is 0 Å². The number of nitrogens with zero attached hydrogens (tertiary/aromatic N) is 3. The molecule has 26 heavy (non-hydrogen) atoms. The lowest BCUT2D eigenvalue weighted by Gasteiger charge is -2.35. The number of piperazine rings is 1. The zero-order valence-corrected chi connectivity index (χ0v) is 16.1. The van der Waals surface area contributed by atoms with Crippen molar-refractivity contribution in [3.8, 4) is 0 Å². The first-order valence-electron chi connectivity index (χ1n) is 9.12. The van der Waals surface area contributed by atoms with Crippen LogP contribution in [0.5, 0.6) is 0 Å². The van der Waals surface area contributed by atoms with E-state index < -0.39 is 10.0 Å². The minimum absolute atomic E-state index is 0.0165. The average Bonchev–Trinajstić information content (AvgIpc) is 3.45. The summed E-state index contributed by atoms with van der Waals surface area (Å²) in [5.74, 6) is -0.0817. The Bertz CT molecular complexity index is 737. The molecule has 0 bridgehead atoms. The highest BCUT2D eigenvalue weighted by Gasteiger charge is 2.37. The summed E-state index contributed by atoms with van der Waals surface area (Å²) in [5.41, 5.74) is 1.18. The van der Waals surface area contributed by atoms with Crippen molar-refractivity contribution in [1.82, 2.24) is 14.1 Å². The summed E-state index contributed by atoms with van der Waals surface area (Å²) in [6.07, 6.45) is 7.17. The molecule has 1 amide bonds. The molecule has 0 spiro atoms. The molecule has 1 saturated carbocycles. The molecule has 1 aromatic rings. The van der Waals surface area contributed by atoms with E-state index in [1.54, 1.807) is 4.90 Å². The van der Waals surface area contributed by atoms with Crippen LogP contribution in [0.1, 0.15) is 18.4 Å². The van der Waals surface area contributed by atoms with Crippen LogP contribution in [0.25, 0.3) is 6.08 Å². The molecule has 6 nitrogen and oxygen atoms in total. The summed E-state index contributed by atoms with van der Waals surface area (Å²) in [5, 5.41) is 0. The van der Waals surface area contributed by atoms with E-state index in [9.17, 15) is 13.2 Å². The molecule has 1 aliphatic carbocycles. The van der Waals surface area contributed by atoms with E-state index in [-0.39, 0.29) is 18.5 Å². The highest BCUT2D eigenvalue weighted by molar-refractivity contribution is 7.88. The summed E-state index contributed by atoms with van der Waals surface area (Å²) in [4.78, 5) is 16.6. The van der Waals surface area contributed by atoms with E-state index >= 15 is 0 Å². The number of hydrogen-bond donors (Lipinski definition) is 0. The monoisotopic (exact) mass is 377 g/mol. The number of benzene rings is 1. The average molecular weight is 378 g/mol. The van der Waals surface area contributed by atoms with Crippen LogP contribution >= 0.6 is 0 Å². The Balaban J connectivity index is 1.44. The number of amides is 1. The third kappa shape index (κ3) is 5.40. The van der Waals surface area contributed by atoms with E-state index in [1.807, 2.05) is 18.2 Å². The topological polar surface area (TPSA) is 60.9 Å². The van der Waals surface area contributed by atoms with Crippen molar-refractivity contribution < 1.29 is 13.2 Å². The van der Waals surface area contributed by atoms with Gasteiger partial charge in [-0.1, -0.05) is 42.5 Å². The Morgan fingerprint density at radius 3 is 2.38 bits per heavy atom. The van der Waals surface area contributed by atoms with Crippen LogP contribution in [0.15, 0.2) is 36.4 Å². The molecule has 2 fully saturated rings. The summed E-state index contributed by atoms with van der Waals surface area (Å²) in [6.45, 7) is 3.77. The molecule has 0 radical (unpaired) electrons. The normalized spacial score (nSPS) is 19.4. The van der Waals surface area contributed by atoms with Gasteiger partial charge in [-0.05, 0) is 18.4 Å². The van der Waals surface area contributed by atoms with Gasteiger partial charge in [0.05, 0.1) is 12.8 Å². The Morgan fingerprint density at radius 2 is 1.81 bits per heavy atom. The van der Waals surface area contributed by atoms with Crippen molar-refractivity contribution in [2.45, 2.75) is 18.9 Å². The summed E-state index contributed by atoms with van der Waals surface area (Å²) in [7, 11) is -3.32. The quantitative estimate of drug-likeness (QED) is 0.718. The molecule has 1 aliphatic heterocycles. The van der Waals surface area contributed by atoms with Crippen molar-refractivity contribution in [2.24, 2.45) is 0 Å². The summed E-state index contributed by atoms with van der Waals surface area (Å²) in [6, 6.07) is 10.2. The Kier molecular flexibility index (Phi) is 6.11. The molecule has 1 saturated heterocycles. The third-order valence-electron chi connectivity index (χ3n) is 4.87. The molecular formula is C19H27N3O3S. The first kappa shape index (κ1) is 19.1. The molecular weight excluding hydrogens is 350 g/mol. The lowest BCUT2D eigenvalue weighted by molar-refractivity contribution is -0.133. The van der Waals surface area contributed by atoms with Gasteiger partial charge in [-0.2, -0.15) is 4.31 Å². The SMILES string of the molecule is CS(=O)(=O)N(CC(=O)N1CCN(C/C=C/c2ccccc2)CC1)C1CC1. The number of hydrogen-bond acceptors (Lipinski definition) is 4. The van der Waals surface area contributed by atoms with Gasteiger partial charge in [0.2, 0.25) is 15.9 Å². The lowest BCUT2D eigenvalue weighted by Crippen LogP contribution is -2.51. The van der Waals surface area contributed by atoms with Gasteiger partial charge < -0.3 is 4.90 Å². The Hall–Kier alpha value is -1.70. The summed E-state index contributed by atoms with van der Waals surface area (Å²) < 4.78 is 25.1. The molecule has 142 valence electrons. The molecule has 0 N–H and O–H groups in total. The lowest BCUT2D eigenvalue weighted by atomic mass is 10.2. The fourth-order valence-corrected chi connectivity index (χ4v) is 4.29. The van der Waals surface area contributed by atoms with E-state index in [0.717, 1.165) is 32.5 Å². The molecule has 1 aromatic carbocycles. The highest BCUT2D eigenvalue weighted by atomic mass is 32.2. The van der Waals surface area contributed by atoms with E-state index in [4.69, 9.17) is 0 Å². The standard InChI is InChI=1S/C19H27N3O3S/c1-26(24,25)22(18-9-10-18)16-19(23)21-14-12-20(13-15-21)11-5-8-17-6-3-2-4-7-17/h2-8,18H,9-16H2,1H3/b8-5+. The minimum Gasteiger partial charge on any atom is -0.339 e. The van der Waals surface area contributed by atoms with Crippen molar-refractivity contribution in [2.75, 3.05) is 45.5 Å². The zero-order valence-electron chi connectivity index (χ0n) is 15.3. The van der Waals surface area contributed by atoms with E-state index in [2.05, 4.69) is 29.2 Å². The van der Waals surface area contributed by atoms with Gasteiger partial charge in [0, 0.05) is 38.8 Å². The molecule has 0 atom stereocenters. The van der Waals surface area contributed by atoms with Crippen molar-refractivity contribution in [1.29, 1.82) is 0 Å². The maximum absolute atomic E-state index is 12.5. The molecule has 3 rings (SSSR count). The van der Waals surface area contributed by atoms with Crippen molar-refractivity contribution in [3.63, 3.8) is 0 Å². The van der Waals surface area contributed by atoms with Crippen LogP contribution in [0, 0.1) is 0 Å². The maximum atomic E-state index is 12.5. The van der Waals surface area contributed by atoms with Gasteiger partial charge >= 0.3 is 0 Å². The molecule has 1 heterocycles.